The molecule has 4 heterocycles. The average molecular weight is 526 g/mol. The Balaban J connectivity index is 1.32. The van der Waals surface area contributed by atoms with Crippen molar-refractivity contribution in [3.8, 4) is 0 Å². The summed E-state index contributed by atoms with van der Waals surface area (Å²) in [7, 11) is 1.96. The summed E-state index contributed by atoms with van der Waals surface area (Å²) in [6.45, 7) is 2.54. The SMILES string of the molecule is Cn1nccc1CN1CCC(c2ccc3ncc(C4CCC(=O)NC4=O)cc3c2F)C(Cc2ccccc2)C1. The lowest BCUT2D eigenvalue weighted by molar-refractivity contribution is -0.134. The van der Waals surface area contributed by atoms with Gasteiger partial charge in [-0.1, -0.05) is 36.4 Å². The van der Waals surface area contributed by atoms with Crippen LogP contribution < -0.4 is 5.32 Å². The number of aryl methyl sites for hydroxylation is 1. The molecule has 200 valence electrons. The molecule has 2 fully saturated rings. The molecule has 2 aromatic heterocycles. The quantitative estimate of drug-likeness (QED) is 0.376. The normalized spacial score (nSPS) is 22.3. The minimum Gasteiger partial charge on any atom is -0.297 e. The molecule has 3 atom stereocenters. The zero-order chi connectivity index (χ0) is 26.9. The fraction of sp³-hybridized carbons (Fsp3) is 0.355. The second kappa shape index (κ2) is 10.7. The summed E-state index contributed by atoms with van der Waals surface area (Å²) in [6.07, 6.45) is 5.85. The van der Waals surface area contributed by atoms with E-state index in [1.165, 1.54) is 5.56 Å². The molecule has 1 N–H and O–H groups in total. The fourth-order valence-corrected chi connectivity index (χ4v) is 6.26. The van der Waals surface area contributed by atoms with E-state index in [-0.39, 0.29) is 35.9 Å². The molecule has 3 unspecified atom stereocenters. The van der Waals surface area contributed by atoms with E-state index in [1.807, 2.05) is 42.2 Å². The zero-order valence-corrected chi connectivity index (χ0v) is 22.0. The number of benzene rings is 2. The van der Waals surface area contributed by atoms with E-state index in [9.17, 15) is 9.59 Å². The molecule has 2 saturated heterocycles. The first-order valence-corrected chi connectivity index (χ1v) is 13.6. The maximum Gasteiger partial charge on any atom is 0.234 e. The number of carbonyl (C=O) groups excluding carboxylic acids is 2. The topological polar surface area (TPSA) is 80.1 Å². The summed E-state index contributed by atoms with van der Waals surface area (Å²) in [4.78, 5) is 31.0. The molecule has 2 amide bonds. The van der Waals surface area contributed by atoms with Gasteiger partial charge in [0.15, 0.2) is 0 Å². The first-order chi connectivity index (χ1) is 19.0. The van der Waals surface area contributed by atoms with Gasteiger partial charge in [0.25, 0.3) is 0 Å². The second-order valence-electron chi connectivity index (χ2n) is 10.8. The van der Waals surface area contributed by atoms with E-state index in [1.54, 1.807) is 12.3 Å². The van der Waals surface area contributed by atoms with E-state index < -0.39 is 5.92 Å². The standard InChI is InChI=1S/C31H32FN5O2/c1-36-23(11-13-34-36)19-37-14-12-24(22(18-37)15-20-5-3-2-4-6-20)26-7-9-28-27(30(26)32)16-21(17-33-28)25-8-10-29(38)35-31(25)39/h2-7,9,11,13,16-17,22,24-25H,8,10,12,14-15,18-19H2,1H3,(H,35,38,39). The van der Waals surface area contributed by atoms with Gasteiger partial charge in [-0.15, -0.1) is 0 Å². The number of hydrogen-bond acceptors (Lipinski definition) is 5. The number of imide groups is 1. The number of pyridine rings is 1. The molecule has 0 aliphatic carbocycles. The van der Waals surface area contributed by atoms with Crippen LogP contribution in [0.5, 0.6) is 0 Å². The van der Waals surface area contributed by atoms with Gasteiger partial charge in [0.05, 0.1) is 17.1 Å². The van der Waals surface area contributed by atoms with Gasteiger partial charge in [-0.2, -0.15) is 5.10 Å². The summed E-state index contributed by atoms with van der Waals surface area (Å²) in [5, 5.41) is 7.15. The van der Waals surface area contributed by atoms with Crippen LogP contribution in [0.3, 0.4) is 0 Å². The lowest BCUT2D eigenvalue weighted by atomic mass is 9.76. The Kier molecular flexibility index (Phi) is 6.95. The van der Waals surface area contributed by atoms with E-state index >= 15 is 4.39 Å². The summed E-state index contributed by atoms with van der Waals surface area (Å²) >= 11 is 0. The molecule has 0 radical (unpaired) electrons. The lowest BCUT2D eigenvalue weighted by Crippen LogP contribution is -2.40. The van der Waals surface area contributed by atoms with Crippen molar-refractivity contribution in [2.75, 3.05) is 13.1 Å². The van der Waals surface area contributed by atoms with Gasteiger partial charge in [0.1, 0.15) is 5.82 Å². The number of nitrogens with zero attached hydrogens (tertiary/aromatic N) is 4. The summed E-state index contributed by atoms with van der Waals surface area (Å²) in [5.41, 5.74) is 4.34. The van der Waals surface area contributed by atoms with Crippen LogP contribution in [-0.4, -0.2) is 44.6 Å². The van der Waals surface area contributed by atoms with Crippen LogP contribution in [0.25, 0.3) is 10.9 Å². The second-order valence-corrected chi connectivity index (χ2v) is 10.8. The lowest BCUT2D eigenvalue weighted by Gasteiger charge is -2.39. The van der Waals surface area contributed by atoms with Crippen molar-refractivity contribution in [2.24, 2.45) is 13.0 Å². The minimum absolute atomic E-state index is 0.0525. The molecule has 0 saturated carbocycles. The molecular formula is C31H32FN5O2. The van der Waals surface area contributed by atoms with Crippen LogP contribution in [0, 0.1) is 11.7 Å². The largest absolute Gasteiger partial charge is 0.297 e. The van der Waals surface area contributed by atoms with Gasteiger partial charge >= 0.3 is 0 Å². The van der Waals surface area contributed by atoms with Crippen molar-refractivity contribution < 1.29 is 14.0 Å². The molecule has 2 aromatic carbocycles. The predicted molar refractivity (Wildman–Crippen MR) is 146 cm³/mol. The zero-order valence-electron chi connectivity index (χ0n) is 22.0. The van der Waals surface area contributed by atoms with Crippen molar-refractivity contribution in [1.82, 2.24) is 25.0 Å². The Morgan fingerprint density at radius 1 is 1.08 bits per heavy atom. The third-order valence-corrected chi connectivity index (χ3v) is 8.36. The molecule has 0 spiro atoms. The number of amides is 2. The highest BCUT2D eigenvalue weighted by Crippen LogP contribution is 2.39. The number of likely N-dealkylation sites (tertiary alicyclic amines) is 1. The number of piperidine rings is 2. The van der Waals surface area contributed by atoms with Gasteiger partial charge in [-0.05, 0) is 72.5 Å². The molecule has 2 aliphatic rings. The number of hydrogen-bond donors (Lipinski definition) is 1. The molecule has 6 rings (SSSR count). The highest BCUT2D eigenvalue weighted by Gasteiger charge is 2.33. The van der Waals surface area contributed by atoms with Gasteiger partial charge in [-0.3, -0.25) is 29.5 Å². The molecular weight excluding hydrogens is 493 g/mol. The number of rotatable bonds is 6. The Hall–Kier alpha value is -3.91. The van der Waals surface area contributed by atoms with Crippen molar-refractivity contribution in [3.63, 3.8) is 0 Å². The van der Waals surface area contributed by atoms with Crippen LogP contribution in [0.15, 0.2) is 67.0 Å². The smallest absolute Gasteiger partial charge is 0.234 e. The molecule has 39 heavy (non-hydrogen) atoms. The number of aromatic nitrogens is 3. The third kappa shape index (κ3) is 5.21. The van der Waals surface area contributed by atoms with Crippen molar-refractivity contribution in [2.45, 2.75) is 44.1 Å². The number of nitrogens with one attached hydrogen (secondary N) is 1. The highest BCUT2D eigenvalue weighted by molar-refractivity contribution is 6.01. The van der Waals surface area contributed by atoms with Crippen molar-refractivity contribution in [1.29, 1.82) is 0 Å². The molecule has 2 aliphatic heterocycles. The number of halogens is 1. The maximum absolute atomic E-state index is 16.3. The Morgan fingerprint density at radius 3 is 2.69 bits per heavy atom. The van der Waals surface area contributed by atoms with Crippen LogP contribution >= 0.6 is 0 Å². The molecule has 8 heteroatoms. The van der Waals surface area contributed by atoms with Gasteiger partial charge < -0.3 is 0 Å². The predicted octanol–water partition coefficient (Wildman–Crippen LogP) is 4.48. The van der Waals surface area contributed by atoms with E-state index in [2.05, 4.69) is 44.6 Å². The molecule has 0 bridgehead atoms. The van der Waals surface area contributed by atoms with E-state index in [4.69, 9.17) is 0 Å². The van der Waals surface area contributed by atoms with Gasteiger partial charge in [-0.25, -0.2) is 4.39 Å². The summed E-state index contributed by atoms with van der Waals surface area (Å²) in [6, 6.07) is 18.0. The number of carbonyl (C=O) groups is 2. The van der Waals surface area contributed by atoms with Crippen LogP contribution in [0.2, 0.25) is 0 Å². The van der Waals surface area contributed by atoms with Crippen molar-refractivity contribution >= 4 is 22.7 Å². The molecule has 7 nitrogen and oxygen atoms in total. The third-order valence-electron chi connectivity index (χ3n) is 8.36. The molecule has 4 aromatic rings. The van der Waals surface area contributed by atoms with Gasteiger partial charge in [0, 0.05) is 44.3 Å². The Bertz CT molecular complexity index is 1520. The summed E-state index contributed by atoms with van der Waals surface area (Å²) in [5.74, 6) is -1.07. The number of fused-ring (bicyclic) bond motifs is 1. The monoisotopic (exact) mass is 525 g/mol. The van der Waals surface area contributed by atoms with E-state index in [0.29, 0.717) is 28.5 Å². The summed E-state index contributed by atoms with van der Waals surface area (Å²) < 4.78 is 18.2. The van der Waals surface area contributed by atoms with Gasteiger partial charge in [0.2, 0.25) is 11.8 Å². The van der Waals surface area contributed by atoms with Crippen molar-refractivity contribution in [3.05, 3.63) is 95.2 Å². The fourth-order valence-electron chi connectivity index (χ4n) is 6.26. The Labute approximate surface area is 227 Å². The average Bonchev–Trinajstić information content (AvgIpc) is 3.34. The minimum atomic E-state index is -0.497. The van der Waals surface area contributed by atoms with E-state index in [0.717, 1.165) is 38.2 Å². The van der Waals surface area contributed by atoms with Crippen LogP contribution in [0.1, 0.15) is 53.5 Å². The maximum atomic E-state index is 16.3. The Morgan fingerprint density at radius 2 is 1.92 bits per heavy atom. The highest BCUT2D eigenvalue weighted by atomic mass is 19.1. The first kappa shape index (κ1) is 25.4. The van der Waals surface area contributed by atoms with Crippen LogP contribution in [0.4, 0.5) is 4.39 Å². The first-order valence-electron chi connectivity index (χ1n) is 13.6. The van der Waals surface area contributed by atoms with Crippen LogP contribution in [-0.2, 0) is 29.6 Å².